The molecule has 2 aliphatic heterocycles. The van der Waals surface area contributed by atoms with Gasteiger partial charge >= 0.3 is 0 Å². The number of alkyl halides is 2. The van der Waals surface area contributed by atoms with E-state index < -0.39 is 11.3 Å². The fourth-order valence-corrected chi connectivity index (χ4v) is 4.64. The van der Waals surface area contributed by atoms with Crippen LogP contribution in [0.3, 0.4) is 0 Å². The summed E-state index contributed by atoms with van der Waals surface area (Å²) in [4.78, 5) is 6.91. The highest BCUT2D eigenvalue weighted by Gasteiger charge is 2.57. The first-order chi connectivity index (χ1) is 11.8. The lowest BCUT2D eigenvalue weighted by molar-refractivity contribution is 0.00193. The first kappa shape index (κ1) is 16.8. The Labute approximate surface area is 151 Å². The third-order valence-electron chi connectivity index (χ3n) is 5.85. The molecular weight excluding hydrogens is 342 g/mol. The Kier molecular flexibility index (Phi) is 3.63. The van der Waals surface area contributed by atoms with E-state index in [1.54, 1.807) is 0 Å². The number of nitrogens with zero attached hydrogens (tertiary/aromatic N) is 2. The quantitative estimate of drug-likeness (QED) is 0.603. The average Bonchev–Trinajstić information content (AvgIpc) is 3.07. The summed E-state index contributed by atoms with van der Waals surface area (Å²) in [5.74, 6) is -1.84. The molecule has 1 aliphatic carbocycles. The second-order valence-corrected chi connectivity index (χ2v) is 7.84. The van der Waals surface area contributed by atoms with Gasteiger partial charge in [-0.2, -0.15) is 0 Å². The van der Waals surface area contributed by atoms with Crippen LogP contribution < -0.4 is 0 Å². The zero-order valence-electron chi connectivity index (χ0n) is 14.3. The molecule has 25 heavy (non-hydrogen) atoms. The number of fused-ring (bicyclic) bond motifs is 3. The number of benzene rings is 1. The van der Waals surface area contributed by atoms with Crippen molar-refractivity contribution in [3.05, 3.63) is 41.4 Å². The third kappa shape index (κ3) is 2.45. The standard InChI is InChI=1S/C20H21ClF2N2/c1-4-12(2)15-9-14(21)10-16-13(3)25-8-7-19(18(25)24-17(15)16)5-6-20(22,23)11-19/h9-10H,2-8,11H2,1H3. The number of allylic oxidation sites excluding steroid dienone is 1. The molecule has 0 N–H and O–H groups in total. The summed E-state index contributed by atoms with van der Waals surface area (Å²) in [6.45, 7) is 11.1. The van der Waals surface area contributed by atoms with Crippen LogP contribution in [0, 0.1) is 5.41 Å². The van der Waals surface area contributed by atoms with E-state index in [1.807, 2.05) is 24.0 Å². The first-order valence-corrected chi connectivity index (χ1v) is 9.10. The van der Waals surface area contributed by atoms with Crippen molar-refractivity contribution in [2.45, 2.75) is 45.0 Å². The van der Waals surface area contributed by atoms with Gasteiger partial charge in [-0.3, -0.25) is 0 Å². The molecule has 3 aliphatic rings. The minimum atomic E-state index is -2.60. The van der Waals surface area contributed by atoms with Gasteiger partial charge in [-0.15, -0.1) is 0 Å². The van der Waals surface area contributed by atoms with Gasteiger partial charge in [-0.05, 0) is 37.0 Å². The van der Waals surface area contributed by atoms with Crippen molar-refractivity contribution in [1.82, 2.24) is 4.90 Å². The lowest BCUT2D eigenvalue weighted by Gasteiger charge is -2.33. The number of rotatable bonds is 2. The molecule has 1 unspecified atom stereocenters. The molecule has 2 fully saturated rings. The van der Waals surface area contributed by atoms with Crippen LogP contribution in [-0.4, -0.2) is 23.2 Å². The van der Waals surface area contributed by atoms with Gasteiger partial charge in [-0.1, -0.05) is 31.7 Å². The highest BCUT2D eigenvalue weighted by Crippen LogP contribution is 2.56. The van der Waals surface area contributed by atoms with Crippen LogP contribution >= 0.6 is 11.6 Å². The molecule has 0 bridgehead atoms. The normalized spacial score (nSPS) is 26.6. The Balaban J connectivity index is 1.89. The van der Waals surface area contributed by atoms with Crippen LogP contribution in [0.4, 0.5) is 14.5 Å². The Morgan fingerprint density at radius 1 is 1.32 bits per heavy atom. The van der Waals surface area contributed by atoms with Crippen LogP contribution in [0.2, 0.25) is 5.02 Å². The predicted molar refractivity (Wildman–Crippen MR) is 99.5 cm³/mol. The Morgan fingerprint density at radius 3 is 2.72 bits per heavy atom. The van der Waals surface area contributed by atoms with Crippen LogP contribution in [0.5, 0.6) is 0 Å². The van der Waals surface area contributed by atoms with Gasteiger partial charge in [0.1, 0.15) is 5.84 Å². The summed E-state index contributed by atoms with van der Waals surface area (Å²) in [6.07, 6.45) is 1.78. The number of halogens is 3. The zero-order valence-corrected chi connectivity index (χ0v) is 15.1. The number of hydrogen-bond donors (Lipinski definition) is 0. The van der Waals surface area contributed by atoms with Gasteiger partial charge in [0, 0.05) is 46.6 Å². The predicted octanol–water partition coefficient (Wildman–Crippen LogP) is 6.29. The summed E-state index contributed by atoms with van der Waals surface area (Å²) in [5.41, 5.74) is 3.76. The van der Waals surface area contributed by atoms with Crippen molar-refractivity contribution < 1.29 is 8.78 Å². The maximum atomic E-state index is 14.0. The monoisotopic (exact) mass is 362 g/mol. The summed E-state index contributed by atoms with van der Waals surface area (Å²) >= 11 is 6.30. The molecule has 1 saturated carbocycles. The molecule has 1 saturated heterocycles. The zero-order chi connectivity index (χ0) is 18.0. The number of aliphatic imine (C=N–C) groups is 1. The lowest BCUT2D eigenvalue weighted by atomic mass is 9.83. The maximum absolute atomic E-state index is 14.0. The highest BCUT2D eigenvalue weighted by atomic mass is 35.5. The Hall–Kier alpha value is -1.68. The minimum Gasteiger partial charge on any atom is -0.329 e. The van der Waals surface area contributed by atoms with Gasteiger partial charge in [0.05, 0.1) is 5.69 Å². The molecular formula is C20H21ClF2N2. The van der Waals surface area contributed by atoms with Crippen molar-refractivity contribution in [1.29, 1.82) is 0 Å². The lowest BCUT2D eigenvalue weighted by Crippen LogP contribution is -2.35. The van der Waals surface area contributed by atoms with Crippen molar-refractivity contribution in [2.75, 3.05) is 6.54 Å². The van der Waals surface area contributed by atoms with Gasteiger partial charge in [0.2, 0.25) is 5.92 Å². The molecule has 1 aromatic carbocycles. The number of hydrogen-bond acceptors (Lipinski definition) is 2. The largest absolute Gasteiger partial charge is 0.329 e. The van der Waals surface area contributed by atoms with Crippen molar-refractivity contribution in [2.24, 2.45) is 10.4 Å². The molecule has 0 radical (unpaired) electrons. The Bertz CT molecular complexity index is 827. The van der Waals surface area contributed by atoms with E-state index in [9.17, 15) is 8.78 Å². The van der Waals surface area contributed by atoms with Crippen molar-refractivity contribution in [3.8, 4) is 0 Å². The van der Waals surface area contributed by atoms with E-state index in [2.05, 4.69) is 13.2 Å². The van der Waals surface area contributed by atoms with E-state index >= 15 is 0 Å². The smallest absolute Gasteiger partial charge is 0.249 e. The van der Waals surface area contributed by atoms with Gasteiger partial charge < -0.3 is 4.90 Å². The van der Waals surface area contributed by atoms with E-state index in [1.165, 1.54) is 0 Å². The summed E-state index contributed by atoms with van der Waals surface area (Å²) in [7, 11) is 0. The summed E-state index contributed by atoms with van der Waals surface area (Å²) in [6, 6.07) is 3.73. The molecule has 4 rings (SSSR count). The van der Waals surface area contributed by atoms with E-state index in [4.69, 9.17) is 16.6 Å². The van der Waals surface area contributed by atoms with E-state index in [-0.39, 0.29) is 12.8 Å². The maximum Gasteiger partial charge on any atom is 0.249 e. The minimum absolute atomic E-state index is 0.0612. The molecule has 2 heterocycles. The second-order valence-electron chi connectivity index (χ2n) is 7.40. The fourth-order valence-electron chi connectivity index (χ4n) is 4.42. The molecule has 132 valence electrons. The SMILES string of the molecule is C=C(CC)c1cc(Cl)cc2c1N=C1N(CCC13CCC(F)(F)C3)C2=C. The molecule has 0 amide bonds. The highest BCUT2D eigenvalue weighted by molar-refractivity contribution is 6.31. The first-order valence-electron chi connectivity index (χ1n) is 8.72. The third-order valence-corrected chi connectivity index (χ3v) is 6.07. The van der Waals surface area contributed by atoms with Crippen LogP contribution in [0.25, 0.3) is 11.3 Å². The molecule has 0 aromatic heterocycles. The molecule has 1 spiro atoms. The van der Waals surface area contributed by atoms with Crippen molar-refractivity contribution >= 4 is 34.4 Å². The summed E-state index contributed by atoms with van der Waals surface area (Å²) < 4.78 is 28.0. The second kappa shape index (κ2) is 5.41. The van der Waals surface area contributed by atoms with Gasteiger partial charge in [0.25, 0.3) is 0 Å². The summed E-state index contributed by atoms with van der Waals surface area (Å²) in [5, 5.41) is 0.615. The average molecular weight is 363 g/mol. The molecule has 2 nitrogen and oxygen atoms in total. The van der Waals surface area contributed by atoms with Crippen LogP contribution in [0.15, 0.2) is 30.3 Å². The van der Waals surface area contributed by atoms with Crippen molar-refractivity contribution in [3.63, 3.8) is 0 Å². The molecule has 5 heteroatoms. The van der Waals surface area contributed by atoms with E-state index in [0.29, 0.717) is 24.4 Å². The number of amidine groups is 1. The van der Waals surface area contributed by atoms with E-state index in [0.717, 1.165) is 40.3 Å². The van der Waals surface area contributed by atoms with Crippen LogP contribution in [-0.2, 0) is 0 Å². The fraction of sp³-hybridized carbons (Fsp3) is 0.450. The van der Waals surface area contributed by atoms with Gasteiger partial charge in [-0.25, -0.2) is 13.8 Å². The van der Waals surface area contributed by atoms with Crippen LogP contribution in [0.1, 0.15) is 50.2 Å². The topological polar surface area (TPSA) is 15.6 Å². The van der Waals surface area contributed by atoms with Gasteiger partial charge in [0.15, 0.2) is 0 Å². The molecule has 1 atom stereocenters. The Morgan fingerprint density at radius 2 is 2.08 bits per heavy atom. The molecule has 1 aromatic rings.